The van der Waals surface area contributed by atoms with Gasteiger partial charge >= 0.3 is 11.9 Å². The molecule has 17 heavy (non-hydrogen) atoms. The standard InChI is InChI=1S/C10H9N.C2H2O4/c11-10-6-5-8-3-1-2-4-9(8)7-10;3-1(4)2(5)6/h1-7H,11H2;(H,3,4)(H,5,6). The van der Waals surface area contributed by atoms with Gasteiger partial charge in [-0.25, -0.2) is 9.59 Å². The van der Waals surface area contributed by atoms with E-state index in [-0.39, 0.29) is 0 Å². The van der Waals surface area contributed by atoms with Crippen molar-refractivity contribution in [3.05, 3.63) is 42.5 Å². The van der Waals surface area contributed by atoms with Crippen LogP contribution in [0.1, 0.15) is 0 Å². The molecular weight excluding hydrogens is 222 g/mol. The van der Waals surface area contributed by atoms with Gasteiger partial charge in [0.15, 0.2) is 0 Å². The Morgan fingerprint density at radius 3 is 1.94 bits per heavy atom. The Labute approximate surface area is 97.1 Å². The van der Waals surface area contributed by atoms with Crippen molar-refractivity contribution in [2.45, 2.75) is 0 Å². The van der Waals surface area contributed by atoms with E-state index in [1.54, 1.807) is 0 Å². The first-order valence-electron chi connectivity index (χ1n) is 4.71. The van der Waals surface area contributed by atoms with Crippen molar-refractivity contribution < 1.29 is 19.8 Å². The van der Waals surface area contributed by atoms with Gasteiger partial charge in [0, 0.05) is 5.69 Å². The molecule has 0 aliphatic heterocycles. The number of nitrogens with two attached hydrogens (primary N) is 1. The first-order chi connectivity index (χ1) is 8.00. The second kappa shape index (κ2) is 5.50. The molecule has 2 aromatic carbocycles. The van der Waals surface area contributed by atoms with Gasteiger partial charge in [0.25, 0.3) is 0 Å². The summed E-state index contributed by atoms with van der Waals surface area (Å²) in [6, 6.07) is 14.1. The quantitative estimate of drug-likeness (QED) is 0.473. The van der Waals surface area contributed by atoms with Crippen molar-refractivity contribution in [2.75, 3.05) is 5.73 Å². The first kappa shape index (κ1) is 12.5. The number of nitrogen functional groups attached to an aromatic ring is 1. The predicted octanol–water partition coefficient (Wildman–Crippen LogP) is 1.58. The number of hydrogen-bond donors (Lipinski definition) is 3. The zero-order chi connectivity index (χ0) is 12.8. The van der Waals surface area contributed by atoms with Crippen LogP contribution in [-0.2, 0) is 9.59 Å². The molecule has 0 aliphatic rings. The van der Waals surface area contributed by atoms with E-state index >= 15 is 0 Å². The average Bonchev–Trinajstić information content (AvgIpc) is 2.29. The number of rotatable bonds is 0. The van der Waals surface area contributed by atoms with Gasteiger partial charge in [-0.3, -0.25) is 0 Å². The third kappa shape index (κ3) is 3.83. The summed E-state index contributed by atoms with van der Waals surface area (Å²) in [4.78, 5) is 18.2. The van der Waals surface area contributed by atoms with E-state index in [0.717, 1.165) is 5.69 Å². The predicted molar refractivity (Wildman–Crippen MR) is 63.6 cm³/mol. The Hall–Kier alpha value is -2.56. The van der Waals surface area contributed by atoms with Crippen LogP contribution in [0.5, 0.6) is 0 Å². The molecular formula is C12H11NO4. The maximum atomic E-state index is 9.10. The number of carboxylic acid groups (broad SMARTS) is 2. The molecule has 0 radical (unpaired) electrons. The van der Waals surface area contributed by atoms with Gasteiger partial charge in [-0.05, 0) is 22.9 Å². The molecule has 0 spiro atoms. The lowest BCUT2D eigenvalue weighted by Gasteiger charge is -1.96. The minimum Gasteiger partial charge on any atom is -0.473 e. The van der Waals surface area contributed by atoms with Crippen LogP contribution in [0, 0.1) is 0 Å². The topological polar surface area (TPSA) is 101 Å². The van der Waals surface area contributed by atoms with Gasteiger partial charge in [-0.1, -0.05) is 30.3 Å². The summed E-state index contributed by atoms with van der Waals surface area (Å²) < 4.78 is 0. The number of carboxylic acids is 2. The molecule has 0 saturated heterocycles. The fourth-order valence-corrected chi connectivity index (χ4v) is 1.21. The Balaban J connectivity index is 0.000000209. The van der Waals surface area contributed by atoms with Crippen molar-refractivity contribution in [3.8, 4) is 0 Å². The van der Waals surface area contributed by atoms with E-state index in [0.29, 0.717) is 0 Å². The summed E-state index contributed by atoms with van der Waals surface area (Å²) in [6.07, 6.45) is 0. The summed E-state index contributed by atoms with van der Waals surface area (Å²) in [5.74, 6) is -3.65. The lowest BCUT2D eigenvalue weighted by molar-refractivity contribution is -0.159. The third-order valence-corrected chi connectivity index (χ3v) is 1.96. The molecule has 0 bridgehead atoms. The molecule has 0 aromatic heterocycles. The highest BCUT2D eigenvalue weighted by molar-refractivity contribution is 6.27. The number of fused-ring (bicyclic) bond motifs is 1. The zero-order valence-electron chi connectivity index (χ0n) is 8.83. The Kier molecular flexibility index (Phi) is 4.05. The van der Waals surface area contributed by atoms with Crippen LogP contribution < -0.4 is 5.73 Å². The van der Waals surface area contributed by atoms with Gasteiger partial charge in [0.2, 0.25) is 0 Å². The molecule has 0 saturated carbocycles. The monoisotopic (exact) mass is 233 g/mol. The van der Waals surface area contributed by atoms with Crippen LogP contribution in [0.15, 0.2) is 42.5 Å². The number of hydrogen-bond acceptors (Lipinski definition) is 3. The molecule has 0 unspecified atom stereocenters. The minimum absolute atomic E-state index is 0.823. The fourth-order valence-electron chi connectivity index (χ4n) is 1.21. The van der Waals surface area contributed by atoms with Crippen LogP contribution in [-0.4, -0.2) is 22.2 Å². The highest BCUT2D eigenvalue weighted by Crippen LogP contribution is 2.15. The van der Waals surface area contributed by atoms with Gasteiger partial charge in [0.1, 0.15) is 0 Å². The van der Waals surface area contributed by atoms with Crippen LogP contribution in [0.2, 0.25) is 0 Å². The van der Waals surface area contributed by atoms with E-state index < -0.39 is 11.9 Å². The van der Waals surface area contributed by atoms with Crippen molar-refractivity contribution in [1.82, 2.24) is 0 Å². The van der Waals surface area contributed by atoms with Crippen molar-refractivity contribution in [2.24, 2.45) is 0 Å². The Morgan fingerprint density at radius 1 is 0.882 bits per heavy atom. The summed E-state index contributed by atoms with van der Waals surface area (Å²) in [5.41, 5.74) is 6.45. The van der Waals surface area contributed by atoms with Crippen molar-refractivity contribution >= 4 is 28.4 Å². The molecule has 0 amide bonds. The van der Waals surface area contributed by atoms with Crippen LogP contribution in [0.4, 0.5) is 5.69 Å². The molecule has 2 aromatic rings. The number of anilines is 1. The van der Waals surface area contributed by atoms with Gasteiger partial charge < -0.3 is 15.9 Å². The summed E-state index contributed by atoms with van der Waals surface area (Å²) >= 11 is 0. The molecule has 0 atom stereocenters. The lowest BCUT2D eigenvalue weighted by Crippen LogP contribution is -2.09. The molecule has 5 heteroatoms. The van der Waals surface area contributed by atoms with Crippen LogP contribution >= 0.6 is 0 Å². The number of aliphatic carboxylic acids is 2. The second-order valence-corrected chi connectivity index (χ2v) is 3.22. The van der Waals surface area contributed by atoms with Crippen molar-refractivity contribution in [3.63, 3.8) is 0 Å². The molecule has 0 aliphatic carbocycles. The lowest BCUT2D eigenvalue weighted by atomic mass is 10.1. The second-order valence-electron chi connectivity index (χ2n) is 3.22. The number of benzene rings is 2. The van der Waals surface area contributed by atoms with Crippen molar-refractivity contribution in [1.29, 1.82) is 0 Å². The zero-order valence-corrected chi connectivity index (χ0v) is 8.83. The third-order valence-electron chi connectivity index (χ3n) is 1.96. The Bertz CT molecular complexity index is 539. The maximum absolute atomic E-state index is 9.10. The Morgan fingerprint density at radius 2 is 1.41 bits per heavy atom. The van der Waals surface area contributed by atoms with E-state index in [1.807, 2.05) is 30.3 Å². The van der Waals surface area contributed by atoms with E-state index in [9.17, 15) is 0 Å². The normalized spacial score (nSPS) is 9.18. The smallest absolute Gasteiger partial charge is 0.414 e. The van der Waals surface area contributed by atoms with Gasteiger partial charge in [0.05, 0.1) is 0 Å². The molecule has 0 heterocycles. The van der Waals surface area contributed by atoms with Gasteiger partial charge in [-0.15, -0.1) is 0 Å². The van der Waals surface area contributed by atoms with Crippen LogP contribution in [0.25, 0.3) is 10.8 Å². The largest absolute Gasteiger partial charge is 0.473 e. The molecule has 5 nitrogen and oxygen atoms in total. The van der Waals surface area contributed by atoms with Crippen LogP contribution in [0.3, 0.4) is 0 Å². The van der Waals surface area contributed by atoms with E-state index in [1.165, 1.54) is 10.8 Å². The summed E-state index contributed by atoms with van der Waals surface area (Å²) in [6.45, 7) is 0. The van der Waals surface area contributed by atoms with E-state index in [4.69, 9.17) is 25.5 Å². The summed E-state index contributed by atoms with van der Waals surface area (Å²) in [7, 11) is 0. The highest BCUT2D eigenvalue weighted by Gasteiger charge is 2.04. The first-order valence-corrected chi connectivity index (χ1v) is 4.71. The van der Waals surface area contributed by atoms with Gasteiger partial charge in [-0.2, -0.15) is 0 Å². The fraction of sp³-hybridized carbons (Fsp3) is 0. The SMILES string of the molecule is Nc1ccc2ccccc2c1.O=C(O)C(=O)O. The molecule has 0 fully saturated rings. The number of carbonyl (C=O) groups is 2. The average molecular weight is 233 g/mol. The molecule has 88 valence electrons. The maximum Gasteiger partial charge on any atom is 0.414 e. The molecule has 2 rings (SSSR count). The minimum atomic E-state index is -1.82. The summed E-state index contributed by atoms with van der Waals surface area (Å²) in [5, 5.41) is 17.2. The van der Waals surface area contributed by atoms with E-state index in [2.05, 4.69) is 12.1 Å². The highest BCUT2D eigenvalue weighted by atomic mass is 16.4. The molecule has 4 N–H and O–H groups in total.